The molecule has 2 N–H and O–H groups in total. The van der Waals surface area contributed by atoms with E-state index in [1.165, 1.54) is 0 Å². The van der Waals surface area contributed by atoms with Crippen molar-refractivity contribution in [3.05, 3.63) is 64.6 Å². The number of para-hydroxylation sites is 2. The highest BCUT2D eigenvalue weighted by Gasteiger charge is 2.14. The molecule has 35 heavy (non-hydrogen) atoms. The SMILES string of the molecule is CCn1c(=O)n(CCC(=O)NCc2cccc(NC(=O)CCN3CCOCC3)c2)c2ccccc21. The third-order valence-electron chi connectivity index (χ3n) is 6.26. The largest absolute Gasteiger partial charge is 0.379 e. The molecule has 9 nitrogen and oxygen atoms in total. The van der Waals surface area contributed by atoms with Gasteiger partial charge >= 0.3 is 5.69 Å². The third kappa shape index (κ3) is 6.37. The van der Waals surface area contributed by atoms with Crippen LogP contribution in [0, 0.1) is 0 Å². The van der Waals surface area contributed by atoms with Gasteiger partial charge in [0.2, 0.25) is 11.8 Å². The van der Waals surface area contributed by atoms with Crippen LogP contribution in [0.1, 0.15) is 25.3 Å². The van der Waals surface area contributed by atoms with Gasteiger partial charge in [0.1, 0.15) is 0 Å². The van der Waals surface area contributed by atoms with E-state index in [0.717, 1.165) is 29.7 Å². The Morgan fingerprint density at radius 1 is 0.914 bits per heavy atom. The van der Waals surface area contributed by atoms with Gasteiger partial charge in [0.15, 0.2) is 0 Å². The van der Waals surface area contributed by atoms with Gasteiger partial charge in [0.05, 0.1) is 24.2 Å². The Bertz CT molecular complexity index is 1230. The highest BCUT2D eigenvalue weighted by atomic mass is 16.5. The zero-order chi connectivity index (χ0) is 24.6. The number of imidazole rings is 1. The Morgan fingerprint density at radius 2 is 1.63 bits per heavy atom. The molecule has 0 unspecified atom stereocenters. The van der Waals surface area contributed by atoms with Crippen LogP contribution in [-0.4, -0.2) is 58.7 Å². The Balaban J connectivity index is 1.26. The fraction of sp³-hybridized carbons (Fsp3) is 0.423. The van der Waals surface area contributed by atoms with Crippen LogP contribution >= 0.6 is 0 Å². The van der Waals surface area contributed by atoms with Gasteiger partial charge in [-0.3, -0.25) is 23.6 Å². The molecule has 2 heterocycles. The molecule has 1 aliphatic heterocycles. The van der Waals surface area contributed by atoms with Gasteiger partial charge in [-0.2, -0.15) is 0 Å². The van der Waals surface area contributed by atoms with Gasteiger partial charge in [-0.15, -0.1) is 0 Å². The predicted molar refractivity (Wildman–Crippen MR) is 135 cm³/mol. The van der Waals surface area contributed by atoms with Crippen LogP contribution in [0.15, 0.2) is 53.3 Å². The number of hydrogen-bond acceptors (Lipinski definition) is 5. The molecule has 0 aliphatic carbocycles. The topological polar surface area (TPSA) is 97.6 Å². The number of fused-ring (bicyclic) bond motifs is 1. The van der Waals surface area contributed by atoms with Gasteiger partial charge in [-0.25, -0.2) is 4.79 Å². The molecule has 0 bridgehead atoms. The molecule has 0 spiro atoms. The number of nitrogens with one attached hydrogen (secondary N) is 2. The second kappa shape index (κ2) is 11.8. The Morgan fingerprint density at radius 3 is 2.37 bits per heavy atom. The van der Waals surface area contributed by atoms with Crippen molar-refractivity contribution in [1.82, 2.24) is 19.4 Å². The maximum Gasteiger partial charge on any atom is 0.329 e. The number of carbonyl (C=O) groups excluding carboxylic acids is 2. The molecule has 186 valence electrons. The lowest BCUT2D eigenvalue weighted by Gasteiger charge is -2.26. The minimum Gasteiger partial charge on any atom is -0.379 e. The number of anilines is 1. The molecule has 1 saturated heterocycles. The number of carbonyl (C=O) groups is 2. The summed E-state index contributed by atoms with van der Waals surface area (Å²) in [6.45, 7) is 7.05. The molecule has 0 saturated carbocycles. The van der Waals surface area contributed by atoms with E-state index in [4.69, 9.17) is 4.74 Å². The molecule has 1 aromatic heterocycles. The summed E-state index contributed by atoms with van der Waals surface area (Å²) in [4.78, 5) is 39.8. The Hall–Kier alpha value is -3.43. The minimum atomic E-state index is -0.134. The number of aryl methyl sites for hydroxylation is 2. The van der Waals surface area contributed by atoms with E-state index >= 15 is 0 Å². The van der Waals surface area contributed by atoms with Gasteiger partial charge < -0.3 is 15.4 Å². The van der Waals surface area contributed by atoms with Crippen LogP contribution in [0.5, 0.6) is 0 Å². The van der Waals surface area contributed by atoms with E-state index in [0.29, 0.717) is 51.5 Å². The summed E-state index contributed by atoms with van der Waals surface area (Å²) >= 11 is 0. The maximum atomic E-state index is 12.7. The first-order valence-electron chi connectivity index (χ1n) is 12.2. The number of amides is 2. The fourth-order valence-electron chi connectivity index (χ4n) is 4.36. The second-order valence-corrected chi connectivity index (χ2v) is 8.65. The second-order valence-electron chi connectivity index (χ2n) is 8.65. The van der Waals surface area contributed by atoms with Crippen LogP contribution in [0.25, 0.3) is 11.0 Å². The lowest BCUT2D eigenvalue weighted by Crippen LogP contribution is -2.38. The molecule has 0 atom stereocenters. The number of rotatable bonds is 10. The monoisotopic (exact) mass is 479 g/mol. The number of morpholine rings is 1. The molecule has 3 aromatic rings. The van der Waals surface area contributed by atoms with Crippen molar-refractivity contribution in [2.24, 2.45) is 0 Å². The third-order valence-corrected chi connectivity index (χ3v) is 6.26. The van der Waals surface area contributed by atoms with Crippen LogP contribution < -0.4 is 16.3 Å². The quantitative estimate of drug-likeness (QED) is 0.465. The Kier molecular flexibility index (Phi) is 8.33. The van der Waals surface area contributed by atoms with Crippen molar-refractivity contribution in [1.29, 1.82) is 0 Å². The zero-order valence-corrected chi connectivity index (χ0v) is 20.2. The fourth-order valence-corrected chi connectivity index (χ4v) is 4.36. The summed E-state index contributed by atoms with van der Waals surface area (Å²) in [5.74, 6) is -0.167. The number of nitrogens with zero attached hydrogens (tertiary/aromatic N) is 3. The van der Waals surface area contributed by atoms with Crippen LogP contribution in [-0.2, 0) is 34.0 Å². The van der Waals surface area contributed by atoms with E-state index in [1.54, 1.807) is 9.13 Å². The molecule has 0 radical (unpaired) electrons. The Labute approximate surface area is 204 Å². The lowest BCUT2D eigenvalue weighted by atomic mass is 10.2. The summed E-state index contributed by atoms with van der Waals surface area (Å²) in [5.41, 5.74) is 3.22. The van der Waals surface area contributed by atoms with Crippen LogP contribution in [0.3, 0.4) is 0 Å². The average molecular weight is 480 g/mol. The smallest absolute Gasteiger partial charge is 0.329 e. The van der Waals surface area contributed by atoms with Crippen molar-refractivity contribution in [2.75, 3.05) is 38.2 Å². The first kappa shape index (κ1) is 24.7. The zero-order valence-electron chi connectivity index (χ0n) is 20.2. The summed E-state index contributed by atoms with van der Waals surface area (Å²) in [5, 5.41) is 5.85. The van der Waals surface area contributed by atoms with Crippen molar-refractivity contribution >= 4 is 28.5 Å². The first-order valence-corrected chi connectivity index (χ1v) is 12.2. The molecule has 4 rings (SSSR count). The molecule has 9 heteroatoms. The van der Waals surface area contributed by atoms with Gasteiger partial charge in [-0.1, -0.05) is 24.3 Å². The summed E-state index contributed by atoms with van der Waals surface area (Å²) in [6.07, 6.45) is 0.629. The molecule has 2 amide bonds. The van der Waals surface area contributed by atoms with E-state index in [-0.39, 0.29) is 23.9 Å². The van der Waals surface area contributed by atoms with Crippen molar-refractivity contribution < 1.29 is 14.3 Å². The van der Waals surface area contributed by atoms with Crippen molar-refractivity contribution in [2.45, 2.75) is 39.4 Å². The van der Waals surface area contributed by atoms with E-state index in [1.807, 2.05) is 55.5 Å². The lowest BCUT2D eigenvalue weighted by molar-refractivity contribution is -0.121. The number of benzene rings is 2. The van der Waals surface area contributed by atoms with Crippen molar-refractivity contribution in [3.8, 4) is 0 Å². The van der Waals surface area contributed by atoms with E-state index in [2.05, 4.69) is 15.5 Å². The molecule has 1 aliphatic rings. The number of hydrogen-bond donors (Lipinski definition) is 2. The summed E-state index contributed by atoms with van der Waals surface area (Å²) in [7, 11) is 0. The minimum absolute atomic E-state index is 0.0330. The summed E-state index contributed by atoms with van der Waals surface area (Å²) in [6, 6.07) is 15.1. The highest BCUT2D eigenvalue weighted by Crippen LogP contribution is 2.14. The standard InChI is InChI=1S/C26H33N5O4/c1-2-30-22-8-3-4-9-23(22)31(26(30)34)13-11-24(32)27-19-20-6-5-7-21(18-20)28-25(33)10-12-29-14-16-35-17-15-29/h3-9,18H,2,10-17,19H2,1H3,(H,27,32)(H,28,33). The molecule has 2 aromatic carbocycles. The molecular formula is C26H33N5O4. The van der Waals surface area contributed by atoms with Crippen LogP contribution in [0.4, 0.5) is 5.69 Å². The highest BCUT2D eigenvalue weighted by molar-refractivity contribution is 5.90. The first-order chi connectivity index (χ1) is 17.0. The van der Waals surface area contributed by atoms with Gasteiger partial charge in [0, 0.05) is 57.8 Å². The number of ether oxygens (including phenoxy) is 1. The van der Waals surface area contributed by atoms with E-state index in [9.17, 15) is 14.4 Å². The summed E-state index contributed by atoms with van der Waals surface area (Å²) < 4.78 is 8.71. The predicted octanol–water partition coefficient (Wildman–Crippen LogP) is 2.19. The van der Waals surface area contributed by atoms with Crippen molar-refractivity contribution in [3.63, 3.8) is 0 Å². The van der Waals surface area contributed by atoms with E-state index < -0.39 is 0 Å². The van der Waals surface area contributed by atoms with Gasteiger partial charge in [-0.05, 0) is 36.8 Å². The molecular weight excluding hydrogens is 446 g/mol. The maximum absolute atomic E-state index is 12.7. The van der Waals surface area contributed by atoms with Crippen LogP contribution in [0.2, 0.25) is 0 Å². The normalized spacial score (nSPS) is 14.2. The average Bonchev–Trinajstić information content (AvgIpc) is 3.16. The molecule has 1 fully saturated rings. The van der Waals surface area contributed by atoms with Gasteiger partial charge in [0.25, 0.3) is 0 Å². The number of aromatic nitrogens is 2.